The molecule has 2 aromatic rings. The molecule has 2 saturated carbocycles. The second kappa shape index (κ2) is 6.55. The number of hydrogen-bond donors (Lipinski definition) is 2. The highest BCUT2D eigenvalue weighted by Crippen LogP contribution is 2.42. The molecule has 0 saturated heterocycles. The minimum absolute atomic E-state index is 0.0629. The van der Waals surface area contributed by atoms with Gasteiger partial charge in [-0.3, -0.25) is 4.79 Å². The molecule has 2 fully saturated rings. The number of tetrazole rings is 1. The third-order valence-electron chi connectivity index (χ3n) is 5.86. The van der Waals surface area contributed by atoms with Gasteiger partial charge in [0.2, 0.25) is 5.91 Å². The monoisotopic (exact) mass is 340 g/mol. The molecule has 1 aromatic heterocycles. The van der Waals surface area contributed by atoms with E-state index < -0.39 is 0 Å². The van der Waals surface area contributed by atoms with Gasteiger partial charge in [-0.05, 0) is 72.6 Å². The number of anilines is 1. The lowest BCUT2D eigenvalue weighted by Gasteiger charge is -2.43. The Morgan fingerprint density at radius 1 is 1.28 bits per heavy atom. The summed E-state index contributed by atoms with van der Waals surface area (Å²) in [5, 5.41) is 14.4. The Hall–Kier alpha value is -2.28. The van der Waals surface area contributed by atoms with E-state index >= 15 is 0 Å². The van der Waals surface area contributed by atoms with Gasteiger partial charge in [0, 0.05) is 17.6 Å². The van der Waals surface area contributed by atoms with Crippen LogP contribution < -0.4 is 11.1 Å². The molecular weight excluding hydrogens is 316 g/mol. The van der Waals surface area contributed by atoms with Crippen LogP contribution in [-0.2, 0) is 4.79 Å². The zero-order chi connectivity index (χ0) is 17.4. The van der Waals surface area contributed by atoms with Crippen molar-refractivity contribution < 1.29 is 4.79 Å². The van der Waals surface area contributed by atoms with Crippen LogP contribution in [0.25, 0.3) is 5.69 Å². The van der Waals surface area contributed by atoms with E-state index in [9.17, 15) is 4.79 Å². The molecule has 2 unspecified atom stereocenters. The number of hydrogen-bond acceptors (Lipinski definition) is 5. The van der Waals surface area contributed by atoms with Gasteiger partial charge < -0.3 is 11.1 Å². The molecule has 7 heteroatoms. The van der Waals surface area contributed by atoms with E-state index in [0.717, 1.165) is 42.6 Å². The van der Waals surface area contributed by atoms with Gasteiger partial charge >= 0.3 is 0 Å². The Kier molecular flexibility index (Phi) is 4.25. The van der Waals surface area contributed by atoms with E-state index in [1.807, 2.05) is 25.1 Å². The summed E-state index contributed by atoms with van der Waals surface area (Å²) in [6, 6.07) is 6.09. The Morgan fingerprint density at radius 3 is 2.72 bits per heavy atom. The molecule has 2 aliphatic rings. The SMILES string of the molecule is Cc1ccc(NC(=O)C2CC3CCCC(C2)C3N)cc1-n1cnnn1. The van der Waals surface area contributed by atoms with Crippen LogP contribution in [-0.4, -0.2) is 32.2 Å². The zero-order valence-electron chi connectivity index (χ0n) is 14.4. The van der Waals surface area contributed by atoms with Crippen molar-refractivity contribution in [2.45, 2.75) is 45.1 Å². The summed E-state index contributed by atoms with van der Waals surface area (Å²) in [7, 11) is 0. The van der Waals surface area contributed by atoms with Gasteiger partial charge in [0.15, 0.2) is 0 Å². The average Bonchev–Trinajstić information content (AvgIpc) is 3.10. The predicted octanol–water partition coefficient (Wildman–Crippen LogP) is 2.06. The van der Waals surface area contributed by atoms with Crippen LogP contribution in [0.4, 0.5) is 5.69 Å². The highest BCUT2D eigenvalue weighted by molar-refractivity contribution is 5.93. The quantitative estimate of drug-likeness (QED) is 0.891. The van der Waals surface area contributed by atoms with E-state index in [1.54, 1.807) is 11.0 Å². The van der Waals surface area contributed by atoms with Crippen LogP contribution in [0.3, 0.4) is 0 Å². The summed E-state index contributed by atoms with van der Waals surface area (Å²) in [4.78, 5) is 12.8. The van der Waals surface area contributed by atoms with Gasteiger partial charge in [0.25, 0.3) is 0 Å². The third-order valence-corrected chi connectivity index (χ3v) is 5.86. The number of nitrogens with zero attached hydrogens (tertiary/aromatic N) is 4. The van der Waals surface area contributed by atoms with Crippen molar-refractivity contribution in [2.24, 2.45) is 23.5 Å². The summed E-state index contributed by atoms with van der Waals surface area (Å²) in [5.74, 6) is 1.17. The van der Waals surface area contributed by atoms with E-state index in [1.165, 1.54) is 6.42 Å². The Labute approximate surface area is 147 Å². The molecule has 0 radical (unpaired) electrons. The number of fused-ring (bicyclic) bond motifs is 2. The number of aryl methyl sites for hydroxylation is 1. The highest BCUT2D eigenvalue weighted by Gasteiger charge is 2.40. The van der Waals surface area contributed by atoms with Gasteiger partial charge in [0.1, 0.15) is 6.33 Å². The van der Waals surface area contributed by atoms with Crippen molar-refractivity contribution in [1.82, 2.24) is 20.2 Å². The molecular formula is C18H24N6O. The predicted molar refractivity (Wildman–Crippen MR) is 94.1 cm³/mol. The molecule has 1 aromatic carbocycles. The largest absolute Gasteiger partial charge is 0.327 e. The number of benzene rings is 1. The Balaban J connectivity index is 1.49. The van der Waals surface area contributed by atoms with Gasteiger partial charge in [-0.15, -0.1) is 5.10 Å². The van der Waals surface area contributed by atoms with Crippen molar-refractivity contribution in [3.8, 4) is 5.69 Å². The normalized spacial score (nSPS) is 28.6. The summed E-state index contributed by atoms with van der Waals surface area (Å²) >= 11 is 0. The smallest absolute Gasteiger partial charge is 0.227 e. The molecule has 2 atom stereocenters. The molecule has 25 heavy (non-hydrogen) atoms. The van der Waals surface area contributed by atoms with Gasteiger partial charge in [-0.1, -0.05) is 12.5 Å². The standard InChI is InChI=1S/C18H24N6O/c1-11-5-6-15(9-16(11)24-10-20-22-23-24)21-18(25)14-7-12-3-2-4-13(8-14)17(12)19/h5-6,9-10,12-14,17H,2-4,7-8,19H2,1H3,(H,21,25). The summed E-state index contributed by atoms with van der Waals surface area (Å²) in [6.45, 7) is 1.99. The van der Waals surface area contributed by atoms with E-state index in [0.29, 0.717) is 11.8 Å². The Bertz CT molecular complexity index is 745. The maximum absolute atomic E-state index is 12.8. The maximum Gasteiger partial charge on any atom is 0.227 e. The lowest BCUT2D eigenvalue weighted by Crippen LogP contribution is -2.48. The van der Waals surface area contributed by atoms with Crippen LogP contribution in [0.2, 0.25) is 0 Å². The third kappa shape index (κ3) is 3.16. The van der Waals surface area contributed by atoms with Crippen LogP contribution >= 0.6 is 0 Å². The van der Waals surface area contributed by atoms with Gasteiger partial charge in [-0.2, -0.15) is 0 Å². The summed E-state index contributed by atoms with van der Waals surface area (Å²) < 4.78 is 1.61. The first-order valence-electron chi connectivity index (χ1n) is 9.02. The Morgan fingerprint density at radius 2 is 2.04 bits per heavy atom. The van der Waals surface area contributed by atoms with Crippen LogP contribution in [0, 0.1) is 24.7 Å². The fourth-order valence-corrected chi connectivity index (χ4v) is 4.45. The minimum Gasteiger partial charge on any atom is -0.327 e. The number of amides is 1. The number of carbonyl (C=O) groups is 1. The molecule has 0 aliphatic heterocycles. The van der Waals surface area contributed by atoms with Crippen molar-refractivity contribution in [3.05, 3.63) is 30.1 Å². The first kappa shape index (κ1) is 16.2. The van der Waals surface area contributed by atoms with E-state index in [4.69, 9.17) is 5.73 Å². The van der Waals surface area contributed by atoms with E-state index in [2.05, 4.69) is 20.8 Å². The fraction of sp³-hybridized carbons (Fsp3) is 0.556. The van der Waals surface area contributed by atoms with Crippen LogP contribution in [0.15, 0.2) is 24.5 Å². The lowest BCUT2D eigenvalue weighted by molar-refractivity contribution is -0.122. The van der Waals surface area contributed by atoms with Gasteiger partial charge in [0.05, 0.1) is 5.69 Å². The molecule has 4 rings (SSSR count). The van der Waals surface area contributed by atoms with Crippen molar-refractivity contribution in [2.75, 3.05) is 5.32 Å². The summed E-state index contributed by atoms with van der Waals surface area (Å²) in [5.41, 5.74) is 9.03. The van der Waals surface area contributed by atoms with Crippen molar-refractivity contribution in [3.63, 3.8) is 0 Å². The van der Waals surface area contributed by atoms with Crippen molar-refractivity contribution in [1.29, 1.82) is 0 Å². The molecule has 7 nitrogen and oxygen atoms in total. The molecule has 2 aliphatic carbocycles. The molecule has 1 heterocycles. The molecule has 2 bridgehead atoms. The zero-order valence-corrected chi connectivity index (χ0v) is 14.4. The maximum atomic E-state index is 12.8. The second-order valence-corrected chi connectivity index (χ2v) is 7.44. The minimum atomic E-state index is 0.0629. The van der Waals surface area contributed by atoms with Crippen LogP contribution in [0.1, 0.15) is 37.7 Å². The number of aromatic nitrogens is 4. The first-order valence-corrected chi connectivity index (χ1v) is 9.02. The first-order chi connectivity index (χ1) is 12.1. The number of rotatable bonds is 3. The number of nitrogens with one attached hydrogen (secondary N) is 1. The second-order valence-electron chi connectivity index (χ2n) is 7.44. The summed E-state index contributed by atoms with van der Waals surface area (Å²) in [6.07, 6.45) is 6.96. The van der Waals surface area contributed by atoms with E-state index in [-0.39, 0.29) is 17.9 Å². The molecule has 132 valence electrons. The average molecular weight is 340 g/mol. The van der Waals surface area contributed by atoms with Gasteiger partial charge in [-0.25, -0.2) is 4.68 Å². The molecule has 0 spiro atoms. The lowest BCUT2D eigenvalue weighted by atomic mass is 9.65. The highest BCUT2D eigenvalue weighted by atomic mass is 16.1. The topological polar surface area (TPSA) is 98.7 Å². The molecule has 3 N–H and O–H groups in total. The number of nitrogens with two attached hydrogens (primary N) is 1. The van der Waals surface area contributed by atoms with Crippen LogP contribution in [0.5, 0.6) is 0 Å². The number of carbonyl (C=O) groups excluding carboxylic acids is 1. The van der Waals surface area contributed by atoms with Crippen molar-refractivity contribution >= 4 is 11.6 Å². The fourth-order valence-electron chi connectivity index (χ4n) is 4.45. The molecule has 1 amide bonds.